The van der Waals surface area contributed by atoms with Crippen LogP contribution < -0.4 is 0 Å². The molecular weight excluding hydrogens is 394 g/mol. The van der Waals surface area contributed by atoms with Gasteiger partial charge in [0.2, 0.25) is 5.91 Å². The summed E-state index contributed by atoms with van der Waals surface area (Å²) in [7, 11) is 0. The van der Waals surface area contributed by atoms with Gasteiger partial charge in [-0.15, -0.1) is 10.2 Å². The normalized spacial score (nSPS) is 15.2. The molecule has 0 unspecified atom stereocenters. The smallest absolute Gasteiger partial charge is 0.235 e. The number of thioether (sulfide) groups is 1. The van der Waals surface area contributed by atoms with E-state index in [2.05, 4.69) is 41.4 Å². The minimum atomic E-state index is -0.229. The maximum absolute atomic E-state index is 12.8. The van der Waals surface area contributed by atoms with Crippen molar-refractivity contribution in [3.05, 3.63) is 54.1 Å². The minimum Gasteiger partial charge on any atom is -0.342 e. The number of aryl methyl sites for hydroxylation is 1. The van der Waals surface area contributed by atoms with Crippen LogP contribution in [0.1, 0.15) is 25.3 Å². The van der Waals surface area contributed by atoms with Crippen molar-refractivity contribution in [2.75, 3.05) is 13.1 Å². The molecule has 3 heterocycles. The van der Waals surface area contributed by atoms with Crippen LogP contribution in [0.2, 0.25) is 0 Å². The van der Waals surface area contributed by atoms with Crippen molar-refractivity contribution in [3.63, 3.8) is 0 Å². The van der Waals surface area contributed by atoms with Crippen LogP contribution in [0.25, 0.3) is 27.9 Å². The summed E-state index contributed by atoms with van der Waals surface area (Å²) in [6.07, 6.45) is 2.18. The Morgan fingerprint density at radius 1 is 1.03 bits per heavy atom. The Bertz CT molecular complexity index is 1230. The predicted octanol–water partition coefficient (Wildman–Crippen LogP) is 4.36. The van der Waals surface area contributed by atoms with Crippen LogP contribution in [0.5, 0.6) is 0 Å². The molecule has 1 aliphatic heterocycles. The van der Waals surface area contributed by atoms with Crippen LogP contribution in [-0.4, -0.2) is 48.7 Å². The zero-order valence-electron chi connectivity index (χ0n) is 17.1. The van der Waals surface area contributed by atoms with Crippen LogP contribution in [0.15, 0.2) is 53.7 Å². The van der Waals surface area contributed by atoms with Crippen molar-refractivity contribution >= 4 is 34.2 Å². The van der Waals surface area contributed by atoms with Gasteiger partial charge in [-0.25, -0.2) is 4.98 Å². The molecule has 0 saturated carbocycles. The molecule has 1 fully saturated rings. The van der Waals surface area contributed by atoms with E-state index in [1.807, 2.05) is 40.5 Å². The summed E-state index contributed by atoms with van der Waals surface area (Å²) in [5.74, 6) is 0.955. The minimum absolute atomic E-state index is 0.167. The van der Waals surface area contributed by atoms with Gasteiger partial charge in [-0.05, 0) is 38.8 Å². The maximum atomic E-state index is 12.8. The summed E-state index contributed by atoms with van der Waals surface area (Å²) in [5.41, 5.74) is 3.83. The van der Waals surface area contributed by atoms with E-state index in [0.29, 0.717) is 5.16 Å². The highest BCUT2D eigenvalue weighted by Gasteiger charge is 2.26. The number of likely N-dealkylation sites (tertiary alicyclic amines) is 1. The Kier molecular flexibility index (Phi) is 4.90. The molecule has 30 heavy (non-hydrogen) atoms. The highest BCUT2D eigenvalue weighted by molar-refractivity contribution is 8.00. The Morgan fingerprint density at radius 3 is 2.53 bits per heavy atom. The molecule has 152 valence electrons. The van der Waals surface area contributed by atoms with Crippen molar-refractivity contribution in [1.82, 2.24) is 24.5 Å². The third-order valence-electron chi connectivity index (χ3n) is 5.57. The van der Waals surface area contributed by atoms with Crippen LogP contribution in [0.4, 0.5) is 0 Å². The molecule has 0 bridgehead atoms. The van der Waals surface area contributed by atoms with Crippen LogP contribution in [0, 0.1) is 6.92 Å². The number of benzene rings is 2. The van der Waals surface area contributed by atoms with E-state index in [9.17, 15) is 4.79 Å². The number of fused-ring (bicyclic) bond motifs is 3. The van der Waals surface area contributed by atoms with Gasteiger partial charge in [-0.2, -0.15) is 0 Å². The SMILES string of the molecule is Cc1ccc(-c2nc3ccccc3c3nnc(S[C@@H](C)C(=O)N4CCCC4)n23)cc1. The fourth-order valence-corrected chi connectivity index (χ4v) is 4.87. The molecular formula is C23H23N5OS. The molecule has 0 N–H and O–H groups in total. The van der Waals surface area contributed by atoms with Gasteiger partial charge < -0.3 is 4.90 Å². The lowest BCUT2D eigenvalue weighted by Crippen LogP contribution is -2.34. The number of hydrogen-bond acceptors (Lipinski definition) is 5. The lowest BCUT2D eigenvalue weighted by molar-refractivity contribution is -0.129. The summed E-state index contributed by atoms with van der Waals surface area (Å²) in [5, 5.41) is 10.4. The number of carbonyl (C=O) groups excluding carboxylic acids is 1. The second kappa shape index (κ2) is 7.72. The first-order chi connectivity index (χ1) is 14.6. The lowest BCUT2D eigenvalue weighted by atomic mass is 10.1. The van der Waals surface area contributed by atoms with Crippen molar-refractivity contribution < 1.29 is 4.79 Å². The fraction of sp³-hybridized carbons (Fsp3) is 0.304. The second-order valence-electron chi connectivity index (χ2n) is 7.75. The third-order valence-corrected chi connectivity index (χ3v) is 6.60. The molecule has 2 aromatic carbocycles. The van der Waals surface area contributed by atoms with Crippen LogP contribution >= 0.6 is 11.8 Å². The highest BCUT2D eigenvalue weighted by Crippen LogP contribution is 2.31. The summed E-state index contributed by atoms with van der Waals surface area (Å²) >= 11 is 1.45. The van der Waals surface area contributed by atoms with Gasteiger partial charge in [0.05, 0.1) is 10.8 Å². The first-order valence-corrected chi connectivity index (χ1v) is 11.2. The lowest BCUT2D eigenvalue weighted by Gasteiger charge is -2.19. The molecule has 2 aromatic heterocycles. The number of amides is 1. The number of para-hydroxylation sites is 1. The van der Waals surface area contributed by atoms with Crippen molar-refractivity contribution in [2.45, 2.75) is 37.1 Å². The monoisotopic (exact) mass is 417 g/mol. The molecule has 6 nitrogen and oxygen atoms in total. The Balaban J connectivity index is 1.63. The van der Waals surface area contributed by atoms with E-state index in [0.717, 1.165) is 53.9 Å². The van der Waals surface area contributed by atoms with E-state index < -0.39 is 0 Å². The van der Waals surface area contributed by atoms with E-state index in [1.54, 1.807) is 0 Å². The van der Waals surface area contributed by atoms with Gasteiger partial charge in [0.1, 0.15) is 5.82 Å². The summed E-state index contributed by atoms with van der Waals surface area (Å²) in [6, 6.07) is 16.3. The average Bonchev–Trinajstić information content (AvgIpc) is 3.44. The molecule has 0 spiro atoms. The standard InChI is InChI=1S/C23H23N5OS/c1-15-9-11-17(12-10-15)20-24-19-8-4-3-7-18(19)21-25-26-23(28(20)21)30-16(2)22(29)27-13-5-6-14-27/h3-4,7-12,16H,5-6,13-14H2,1-2H3/t16-/m0/s1. The van der Waals surface area contributed by atoms with E-state index in [-0.39, 0.29) is 11.2 Å². The van der Waals surface area contributed by atoms with Gasteiger partial charge in [-0.3, -0.25) is 9.20 Å². The number of rotatable bonds is 4. The quantitative estimate of drug-likeness (QED) is 0.462. The first kappa shape index (κ1) is 19.1. The number of aromatic nitrogens is 4. The van der Waals surface area contributed by atoms with Gasteiger partial charge in [-0.1, -0.05) is 53.7 Å². The molecule has 0 aliphatic carbocycles. The fourth-order valence-electron chi connectivity index (χ4n) is 3.94. The van der Waals surface area contributed by atoms with Crippen molar-refractivity contribution in [3.8, 4) is 11.4 Å². The maximum Gasteiger partial charge on any atom is 0.235 e. The Morgan fingerprint density at radius 2 is 1.77 bits per heavy atom. The Hall–Kier alpha value is -2.93. The predicted molar refractivity (Wildman–Crippen MR) is 120 cm³/mol. The van der Waals surface area contributed by atoms with E-state index >= 15 is 0 Å². The van der Waals surface area contributed by atoms with Gasteiger partial charge in [0.25, 0.3) is 0 Å². The van der Waals surface area contributed by atoms with Crippen LogP contribution in [-0.2, 0) is 4.79 Å². The number of carbonyl (C=O) groups is 1. The largest absolute Gasteiger partial charge is 0.342 e. The molecule has 0 radical (unpaired) electrons. The topological polar surface area (TPSA) is 63.4 Å². The number of nitrogens with zero attached hydrogens (tertiary/aromatic N) is 5. The molecule has 1 atom stereocenters. The molecule has 1 saturated heterocycles. The molecule has 1 amide bonds. The molecule has 1 aliphatic rings. The number of hydrogen-bond donors (Lipinski definition) is 0. The summed E-state index contributed by atoms with van der Waals surface area (Å²) in [4.78, 5) is 19.7. The molecule has 5 rings (SSSR count). The van der Waals surface area contributed by atoms with E-state index in [1.165, 1.54) is 17.3 Å². The van der Waals surface area contributed by atoms with E-state index in [4.69, 9.17) is 4.98 Å². The van der Waals surface area contributed by atoms with Crippen molar-refractivity contribution in [1.29, 1.82) is 0 Å². The highest BCUT2D eigenvalue weighted by atomic mass is 32.2. The zero-order valence-corrected chi connectivity index (χ0v) is 17.9. The van der Waals surface area contributed by atoms with Gasteiger partial charge in [0, 0.05) is 24.0 Å². The Labute approximate surface area is 179 Å². The molecule has 7 heteroatoms. The van der Waals surface area contributed by atoms with Crippen molar-refractivity contribution in [2.24, 2.45) is 0 Å². The summed E-state index contributed by atoms with van der Waals surface area (Å²) < 4.78 is 1.99. The summed E-state index contributed by atoms with van der Waals surface area (Å²) in [6.45, 7) is 5.72. The third kappa shape index (κ3) is 3.33. The zero-order chi connectivity index (χ0) is 20.7. The first-order valence-electron chi connectivity index (χ1n) is 10.3. The second-order valence-corrected chi connectivity index (χ2v) is 9.06. The van der Waals surface area contributed by atoms with Crippen LogP contribution in [0.3, 0.4) is 0 Å². The average molecular weight is 418 g/mol. The van der Waals surface area contributed by atoms with Gasteiger partial charge in [0.15, 0.2) is 10.8 Å². The molecule has 4 aromatic rings. The van der Waals surface area contributed by atoms with Gasteiger partial charge >= 0.3 is 0 Å².